The number of aliphatic carboxylic acids is 1. The maximum absolute atomic E-state index is 12.8. The zero-order valence-corrected chi connectivity index (χ0v) is 13.8. The van der Waals surface area contributed by atoms with Gasteiger partial charge in [0.25, 0.3) is 0 Å². The first kappa shape index (κ1) is 16.8. The Morgan fingerprint density at radius 3 is 2.45 bits per heavy atom. The van der Waals surface area contributed by atoms with E-state index in [2.05, 4.69) is 0 Å². The summed E-state index contributed by atoms with van der Waals surface area (Å²) in [6.45, 7) is 3.96. The van der Waals surface area contributed by atoms with Crippen molar-refractivity contribution in [3.63, 3.8) is 0 Å². The van der Waals surface area contributed by atoms with Gasteiger partial charge in [0.1, 0.15) is 5.75 Å². The lowest BCUT2D eigenvalue weighted by atomic mass is 10.1. The number of sulfonamides is 1. The maximum Gasteiger partial charge on any atom is 0.304 e. The quantitative estimate of drug-likeness (QED) is 0.893. The van der Waals surface area contributed by atoms with E-state index >= 15 is 0 Å². The highest BCUT2D eigenvalue weighted by atomic mass is 32.2. The molecule has 22 heavy (non-hydrogen) atoms. The number of aryl methyl sites for hydroxylation is 2. The van der Waals surface area contributed by atoms with Crippen LogP contribution in [0, 0.1) is 13.8 Å². The number of rotatable bonds is 5. The summed E-state index contributed by atoms with van der Waals surface area (Å²) in [6.07, 6.45) is 1.11. The molecule has 1 atom stereocenters. The SMILES string of the molecule is COc1c(C)cc(S(=O)(=O)N2CCC[C@@H]2CC(=O)O)cc1C. The third-order valence-electron chi connectivity index (χ3n) is 3.98. The molecule has 0 amide bonds. The van der Waals surface area contributed by atoms with E-state index in [1.54, 1.807) is 33.1 Å². The fourth-order valence-electron chi connectivity index (χ4n) is 3.05. The largest absolute Gasteiger partial charge is 0.496 e. The molecule has 1 fully saturated rings. The maximum atomic E-state index is 12.8. The molecule has 0 saturated carbocycles. The first-order chi connectivity index (χ1) is 10.3. The zero-order chi connectivity index (χ0) is 16.5. The van der Waals surface area contributed by atoms with Crippen molar-refractivity contribution in [2.75, 3.05) is 13.7 Å². The Bertz CT molecular complexity index is 660. The minimum Gasteiger partial charge on any atom is -0.496 e. The summed E-state index contributed by atoms with van der Waals surface area (Å²) in [5.41, 5.74) is 1.49. The second-order valence-electron chi connectivity index (χ2n) is 5.60. The molecule has 1 heterocycles. The predicted molar refractivity (Wildman–Crippen MR) is 81.6 cm³/mol. The molecule has 1 aliphatic rings. The molecular formula is C15H21NO5S. The fourth-order valence-corrected chi connectivity index (χ4v) is 4.91. The van der Waals surface area contributed by atoms with Crippen LogP contribution in [0.25, 0.3) is 0 Å². The molecule has 2 rings (SSSR count). The molecule has 0 aromatic heterocycles. The normalized spacial score (nSPS) is 19.3. The molecule has 1 aromatic carbocycles. The predicted octanol–water partition coefficient (Wildman–Crippen LogP) is 1.94. The number of hydrogen-bond acceptors (Lipinski definition) is 4. The van der Waals surface area contributed by atoms with Crippen molar-refractivity contribution in [3.8, 4) is 5.75 Å². The van der Waals surface area contributed by atoms with Crippen LogP contribution in [0.5, 0.6) is 5.75 Å². The van der Waals surface area contributed by atoms with Crippen molar-refractivity contribution >= 4 is 16.0 Å². The Morgan fingerprint density at radius 2 is 1.95 bits per heavy atom. The lowest BCUT2D eigenvalue weighted by molar-refractivity contribution is -0.137. The Hall–Kier alpha value is -1.60. The highest BCUT2D eigenvalue weighted by molar-refractivity contribution is 7.89. The topological polar surface area (TPSA) is 83.9 Å². The van der Waals surface area contributed by atoms with Crippen molar-refractivity contribution in [2.45, 2.75) is 44.0 Å². The lowest BCUT2D eigenvalue weighted by Crippen LogP contribution is -2.36. The molecule has 1 aliphatic heterocycles. The van der Waals surface area contributed by atoms with Gasteiger partial charge in [-0.25, -0.2) is 8.42 Å². The number of ether oxygens (including phenoxy) is 1. The highest BCUT2D eigenvalue weighted by Gasteiger charge is 2.36. The van der Waals surface area contributed by atoms with Crippen molar-refractivity contribution in [1.82, 2.24) is 4.31 Å². The van der Waals surface area contributed by atoms with Gasteiger partial charge in [-0.1, -0.05) is 0 Å². The molecule has 0 radical (unpaired) electrons. The van der Waals surface area contributed by atoms with E-state index in [4.69, 9.17) is 9.84 Å². The van der Waals surface area contributed by atoms with Gasteiger partial charge >= 0.3 is 5.97 Å². The standard InChI is InChI=1S/C15H21NO5S/c1-10-7-13(8-11(2)15(10)21-3)22(19,20)16-6-4-5-12(16)9-14(17)18/h7-8,12H,4-6,9H2,1-3H3,(H,17,18)/t12-/m1/s1. The molecule has 1 N–H and O–H groups in total. The van der Waals surface area contributed by atoms with Crippen LogP contribution in [0.1, 0.15) is 30.4 Å². The number of carboxylic acids is 1. The number of nitrogens with zero attached hydrogens (tertiary/aromatic N) is 1. The first-order valence-corrected chi connectivity index (χ1v) is 8.60. The van der Waals surface area contributed by atoms with Crippen molar-refractivity contribution in [2.24, 2.45) is 0 Å². The van der Waals surface area contributed by atoms with Gasteiger partial charge < -0.3 is 9.84 Å². The van der Waals surface area contributed by atoms with Crippen molar-refractivity contribution in [1.29, 1.82) is 0 Å². The number of methoxy groups -OCH3 is 1. The van der Waals surface area contributed by atoms with Gasteiger partial charge in [-0.2, -0.15) is 4.31 Å². The third-order valence-corrected chi connectivity index (χ3v) is 5.91. The molecule has 1 saturated heterocycles. The van der Waals surface area contributed by atoms with Gasteiger partial charge in [-0.15, -0.1) is 0 Å². The molecule has 0 spiro atoms. The van der Waals surface area contributed by atoms with E-state index in [-0.39, 0.29) is 11.3 Å². The van der Waals surface area contributed by atoms with Gasteiger partial charge in [0.2, 0.25) is 10.0 Å². The highest BCUT2D eigenvalue weighted by Crippen LogP contribution is 2.32. The Labute approximate surface area is 130 Å². The second kappa shape index (κ2) is 6.26. The van der Waals surface area contributed by atoms with Crippen LogP contribution < -0.4 is 4.74 Å². The molecule has 122 valence electrons. The van der Waals surface area contributed by atoms with Crippen LogP contribution in [-0.2, 0) is 14.8 Å². The summed E-state index contributed by atoms with van der Waals surface area (Å²) in [4.78, 5) is 11.1. The molecule has 7 heteroatoms. The van der Waals surface area contributed by atoms with Crippen molar-refractivity contribution < 1.29 is 23.1 Å². The van der Waals surface area contributed by atoms with Crippen LogP contribution in [-0.4, -0.2) is 43.5 Å². The molecule has 6 nitrogen and oxygen atoms in total. The Morgan fingerprint density at radius 1 is 1.36 bits per heavy atom. The summed E-state index contributed by atoms with van der Waals surface area (Å²) in [6, 6.07) is 2.69. The first-order valence-electron chi connectivity index (χ1n) is 7.16. The summed E-state index contributed by atoms with van der Waals surface area (Å²) >= 11 is 0. The number of carboxylic acid groups (broad SMARTS) is 1. The zero-order valence-electron chi connectivity index (χ0n) is 13.0. The van der Waals surface area contributed by atoms with Crippen molar-refractivity contribution in [3.05, 3.63) is 23.3 Å². The summed E-state index contributed by atoms with van der Waals surface area (Å²) < 4.78 is 32.2. The summed E-state index contributed by atoms with van der Waals surface area (Å²) in [5.74, 6) is -0.309. The average Bonchev–Trinajstić information content (AvgIpc) is 2.86. The van der Waals surface area contributed by atoms with Gasteiger partial charge in [0.15, 0.2) is 0 Å². The number of benzene rings is 1. The van der Waals surface area contributed by atoms with E-state index < -0.39 is 22.0 Å². The number of hydrogen-bond donors (Lipinski definition) is 1. The van der Waals surface area contributed by atoms with Crippen LogP contribution >= 0.6 is 0 Å². The van der Waals surface area contributed by atoms with Gasteiger partial charge in [-0.05, 0) is 49.9 Å². The number of carbonyl (C=O) groups is 1. The molecule has 1 aromatic rings. The molecule has 0 bridgehead atoms. The fraction of sp³-hybridized carbons (Fsp3) is 0.533. The summed E-state index contributed by atoms with van der Waals surface area (Å²) in [5, 5.41) is 8.95. The molecule has 0 unspecified atom stereocenters. The van der Waals surface area contributed by atoms with Gasteiger partial charge in [0.05, 0.1) is 18.4 Å². The monoisotopic (exact) mass is 327 g/mol. The van der Waals surface area contributed by atoms with Crippen LogP contribution in [0.2, 0.25) is 0 Å². The average molecular weight is 327 g/mol. The second-order valence-corrected chi connectivity index (χ2v) is 7.49. The third kappa shape index (κ3) is 3.10. The minimum atomic E-state index is -3.69. The minimum absolute atomic E-state index is 0.159. The van der Waals surface area contributed by atoms with Crippen LogP contribution in [0.15, 0.2) is 17.0 Å². The lowest BCUT2D eigenvalue weighted by Gasteiger charge is -2.23. The van der Waals surface area contributed by atoms with Gasteiger partial charge in [-0.3, -0.25) is 4.79 Å². The molecular weight excluding hydrogens is 306 g/mol. The molecule has 0 aliphatic carbocycles. The van der Waals surface area contributed by atoms with Crippen LogP contribution in [0.3, 0.4) is 0 Å². The van der Waals surface area contributed by atoms with Crippen LogP contribution in [0.4, 0.5) is 0 Å². The van der Waals surface area contributed by atoms with E-state index in [1.165, 1.54) is 4.31 Å². The van der Waals surface area contributed by atoms with E-state index in [0.29, 0.717) is 25.1 Å². The Balaban J connectivity index is 2.40. The van der Waals surface area contributed by atoms with Gasteiger partial charge in [0, 0.05) is 12.6 Å². The smallest absolute Gasteiger partial charge is 0.304 e. The van der Waals surface area contributed by atoms with E-state index in [0.717, 1.165) is 11.1 Å². The Kier molecular flexibility index (Phi) is 4.77. The summed E-state index contributed by atoms with van der Waals surface area (Å²) in [7, 11) is -2.14. The van der Waals surface area contributed by atoms with E-state index in [1.807, 2.05) is 0 Å². The van der Waals surface area contributed by atoms with E-state index in [9.17, 15) is 13.2 Å².